The predicted molar refractivity (Wildman–Crippen MR) is 120 cm³/mol. The zero-order valence-corrected chi connectivity index (χ0v) is 18.7. The first kappa shape index (κ1) is 24.0. The molecule has 0 spiro atoms. The molecule has 1 aliphatic rings. The topological polar surface area (TPSA) is 0 Å². The maximum atomic E-state index is 2.53. The van der Waals surface area contributed by atoms with E-state index in [1.807, 2.05) is 0 Å². The van der Waals surface area contributed by atoms with E-state index in [0.29, 0.717) is 0 Å². The van der Waals surface area contributed by atoms with Gasteiger partial charge in [0.15, 0.2) is 0 Å². The molecule has 1 aliphatic carbocycles. The van der Waals surface area contributed by atoms with Crippen molar-refractivity contribution in [2.45, 2.75) is 155 Å². The second-order valence-electron chi connectivity index (χ2n) is 9.47. The quantitative estimate of drug-likeness (QED) is 0.212. The molecule has 0 heterocycles. The Labute approximate surface area is 167 Å². The van der Waals surface area contributed by atoms with Crippen molar-refractivity contribution in [2.24, 2.45) is 11.8 Å². The lowest BCUT2D eigenvalue weighted by atomic mass is 9.79. The highest BCUT2D eigenvalue weighted by atomic mass is 14.2. The Morgan fingerprint density at radius 1 is 0.538 bits per heavy atom. The van der Waals surface area contributed by atoms with Crippen molar-refractivity contribution >= 4 is 0 Å². The molecule has 1 fully saturated rings. The highest BCUT2D eigenvalue weighted by Gasteiger charge is 2.19. The van der Waals surface area contributed by atoms with Gasteiger partial charge in [0.25, 0.3) is 0 Å². The van der Waals surface area contributed by atoms with Crippen LogP contribution in [0.5, 0.6) is 0 Å². The van der Waals surface area contributed by atoms with Crippen LogP contribution in [0.15, 0.2) is 0 Å². The van der Waals surface area contributed by atoms with Crippen molar-refractivity contribution in [3.8, 4) is 0 Å². The van der Waals surface area contributed by atoms with Gasteiger partial charge in [0, 0.05) is 0 Å². The summed E-state index contributed by atoms with van der Waals surface area (Å²) in [4.78, 5) is 0. The van der Waals surface area contributed by atoms with Gasteiger partial charge >= 0.3 is 0 Å². The van der Waals surface area contributed by atoms with Crippen molar-refractivity contribution < 1.29 is 0 Å². The lowest BCUT2D eigenvalue weighted by Crippen LogP contribution is -2.15. The molecule has 1 atom stereocenters. The van der Waals surface area contributed by atoms with Crippen LogP contribution in [0.4, 0.5) is 0 Å². The largest absolute Gasteiger partial charge is 0.0654 e. The van der Waals surface area contributed by atoms with Gasteiger partial charge in [-0.25, -0.2) is 0 Å². The zero-order valence-electron chi connectivity index (χ0n) is 18.7. The van der Waals surface area contributed by atoms with E-state index in [1.165, 1.54) is 141 Å². The van der Waals surface area contributed by atoms with Crippen molar-refractivity contribution in [2.75, 3.05) is 0 Å². The van der Waals surface area contributed by atoms with Gasteiger partial charge in [-0.2, -0.15) is 0 Å². The lowest BCUT2D eigenvalue weighted by Gasteiger charge is -2.27. The van der Waals surface area contributed by atoms with Gasteiger partial charge in [-0.1, -0.05) is 155 Å². The van der Waals surface area contributed by atoms with Crippen molar-refractivity contribution in [3.63, 3.8) is 0 Å². The SMILES string of the molecule is CCCCCCCCCCCCCCCCCC[C@H](C)C1CCCCC1. The predicted octanol–water partition coefficient (Wildman–Crippen LogP) is 9.85. The highest BCUT2D eigenvalue weighted by Crippen LogP contribution is 2.32. The molecule has 0 aliphatic heterocycles. The third-order valence-corrected chi connectivity index (χ3v) is 6.97. The van der Waals surface area contributed by atoms with Gasteiger partial charge in [0.05, 0.1) is 0 Å². The Balaban J connectivity index is 1.72. The molecule has 0 nitrogen and oxygen atoms in total. The van der Waals surface area contributed by atoms with Crippen LogP contribution in [0, 0.1) is 11.8 Å². The van der Waals surface area contributed by atoms with Crippen LogP contribution in [-0.4, -0.2) is 0 Å². The second kappa shape index (κ2) is 18.4. The summed E-state index contributed by atoms with van der Waals surface area (Å²) >= 11 is 0. The summed E-state index contributed by atoms with van der Waals surface area (Å²) in [5.41, 5.74) is 0. The monoisotopic (exact) mass is 364 g/mol. The van der Waals surface area contributed by atoms with E-state index in [0.717, 1.165) is 11.8 Å². The molecule has 0 N–H and O–H groups in total. The summed E-state index contributed by atoms with van der Waals surface area (Å²) in [6, 6.07) is 0. The summed E-state index contributed by atoms with van der Waals surface area (Å²) in [5, 5.41) is 0. The van der Waals surface area contributed by atoms with Crippen molar-refractivity contribution in [1.82, 2.24) is 0 Å². The maximum Gasteiger partial charge on any atom is -0.0388 e. The Hall–Kier alpha value is 0. The van der Waals surface area contributed by atoms with E-state index in [2.05, 4.69) is 13.8 Å². The molecule has 0 amide bonds. The number of unbranched alkanes of at least 4 members (excludes halogenated alkanes) is 15. The van der Waals surface area contributed by atoms with Crippen molar-refractivity contribution in [1.29, 1.82) is 0 Å². The van der Waals surface area contributed by atoms with Gasteiger partial charge in [0.1, 0.15) is 0 Å². The van der Waals surface area contributed by atoms with E-state index in [1.54, 1.807) is 0 Å². The lowest BCUT2D eigenvalue weighted by molar-refractivity contribution is 0.247. The fraction of sp³-hybridized carbons (Fsp3) is 1.00. The average Bonchev–Trinajstić information content (AvgIpc) is 2.68. The van der Waals surface area contributed by atoms with Crippen LogP contribution >= 0.6 is 0 Å². The minimum atomic E-state index is 1.00. The molecule has 0 heteroatoms. The number of hydrogen-bond donors (Lipinski definition) is 0. The molecule has 1 rings (SSSR count). The van der Waals surface area contributed by atoms with Crippen LogP contribution in [0.1, 0.15) is 155 Å². The normalized spacial score (nSPS) is 16.8. The Bertz CT molecular complexity index is 263. The standard InChI is InChI=1S/C26H52/c1-3-4-5-6-7-8-9-10-11-12-13-14-15-16-17-19-22-25(2)26-23-20-18-21-24-26/h25-26H,3-24H2,1-2H3/t25-/m0/s1. The van der Waals surface area contributed by atoms with Crippen LogP contribution in [0.25, 0.3) is 0 Å². The van der Waals surface area contributed by atoms with E-state index < -0.39 is 0 Å². The molecule has 0 aromatic heterocycles. The van der Waals surface area contributed by atoms with Crippen LogP contribution in [-0.2, 0) is 0 Å². The number of hydrogen-bond acceptors (Lipinski definition) is 0. The van der Waals surface area contributed by atoms with E-state index in [-0.39, 0.29) is 0 Å². The van der Waals surface area contributed by atoms with Gasteiger partial charge in [0.2, 0.25) is 0 Å². The molecule has 156 valence electrons. The summed E-state index contributed by atoms with van der Waals surface area (Å²) < 4.78 is 0. The Kier molecular flexibility index (Phi) is 17.0. The Morgan fingerprint density at radius 3 is 1.35 bits per heavy atom. The molecule has 0 aromatic carbocycles. The molecule has 26 heavy (non-hydrogen) atoms. The summed E-state index contributed by atoms with van der Waals surface area (Å²) in [6.07, 6.45) is 32.8. The van der Waals surface area contributed by atoms with Crippen LogP contribution in [0.2, 0.25) is 0 Å². The van der Waals surface area contributed by atoms with Crippen LogP contribution in [0.3, 0.4) is 0 Å². The first-order chi connectivity index (χ1) is 12.8. The summed E-state index contributed by atoms with van der Waals surface area (Å²) in [6.45, 7) is 4.83. The number of rotatable bonds is 18. The summed E-state index contributed by atoms with van der Waals surface area (Å²) in [5.74, 6) is 2.07. The highest BCUT2D eigenvalue weighted by molar-refractivity contribution is 4.71. The van der Waals surface area contributed by atoms with E-state index in [4.69, 9.17) is 0 Å². The zero-order chi connectivity index (χ0) is 18.7. The second-order valence-corrected chi connectivity index (χ2v) is 9.47. The Morgan fingerprint density at radius 2 is 0.923 bits per heavy atom. The maximum absolute atomic E-state index is 2.53. The molecule has 0 radical (unpaired) electrons. The average molecular weight is 365 g/mol. The van der Waals surface area contributed by atoms with E-state index in [9.17, 15) is 0 Å². The first-order valence-corrected chi connectivity index (χ1v) is 12.8. The minimum absolute atomic E-state index is 1.00. The molecule has 1 saturated carbocycles. The summed E-state index contributed by atoms with van der Waals surface area (Å²) in [7, 11) is 0. The first-order valence-electron chi connectivity index (χ1n) is 12.8. The van der Waals surface area contributed by atoms with Gasteiger partial charge < -0.3 is 0 Å². The van der Waals surface area contributed by atoms with Gasteiger partial charge in [-0.3, -0.25) is 0 Å². The molecular weight excluding hydrogens is 312 g/mol. The molecule has 0 unspecified atom stereocenters. The van der Waals surface area contributed by atoms with E-state index >= 15 is 0 Å². The van der Waals surface area contributed by atoms with Gasteiger partial charge in [-0.05, 0) is 11.8 Å². The minimum Gasteiger partial charge on any atom is -0.0654 e. The molecule has 0 bridgehead atoms. The fourth-order valence-corrected chi connectivity index (χ4v) is 4.95. The molecule has 0 aromatic rings. The molecular formula is C26H52. The van der Waals surface area contributed by atoms with Gasteiger partial charge in [-0.15, -0.1) is 0 Å². The third-order valence-electron chi connectivity index (χ3n) is 6.97. The van der Waals surface area contributed by atoms with Crippen LogP contribution < -0.4 is 0 Å². The molecule has 0 saturated heterocycles. The smallest absolute Gasteiger partial charge is 0.0388 e. The third kappa shape index (κ3) is 14.1. The van der Waals surface area contributed by atoms with Crippen molar-refractivity contribution in [3.05, 3.63) is 0 Å². The fourth-order valence-electron chi connectivity index (χ4n) is 4.95.